The molecule has 2 unspecified atom stereocenters. The van der Waals surface area contributed by atoms with Crippen LogP contribution in [0.15, 0.2) is 24.3 Å². The predicted octanol–water partition coefficient (Wildman–Crippen LogP) is 2.64. The SMILES string of the molecule is CC(C)C(C)(O)C1(C#N)CCOc2ccccc21. The highest BCUT2D eigenvalue weighted by molar-refractivity contribution is 5.48. The third-order valence-electron chi connectivity index (χ3n) is 4.26. The lowest BCUT2D eigenvalue weighted by atomic mass is 9.62. The Labute approximate surface area is 108 Å². The van der Waals surface area contributed by atoms with Crippen molar-refractivity contribution in [2.75, 3.05) is 6.61 Å². The van der Waals surface area contributed by atoms with E-state index in [1.807, 2.05) is 38.1 Å². The fourth-order valence-electron chi connectivity index (χ4n) is 2.64. The van der Waals surface area contributed by atoms with Gasteiger partial charge in [-0.2, -0.15) is 5.26 Å². The normalized spacial score (nSPS) is 25.8. The van der Waals surface area contributed by atoms with Gasteiger partial charge in [-0.05, 0) is 18.9 Å². The summed E-state index contributed by atoms with van der Waals surface area (Å²) in [6.07, 6.45) is 0.520. The van der Waals surface area contributed by atoms with Crippen molar-refractivity contribution < 1.29 is 9.84 Å². The van der Waals surface area contributed by atoms with Crippen LogP contribution in [0.3, 0.4) is 0 Å². The summed E-state index contributed by atoms with van der Waals surface area (Å²) in [5, 5.41) is 20.5. The molecule has 1 heterocycles. The monoisotopic (exact) mass is 245 g/mol. The van der Waals surface area contributed by atoms with E-state index in [2.05, 4.69) is 6.07 Å². The molecule has 96 valence electrons. The van der Waals surface area contributed by atoms with Gasteiger partial charge >= 0.3 is 0 Å². The molecule has 0 spiro atoms. The van der Waals surface area contributed by atoms with E-state index in [9.17, 15) is 10.4 Å². The predicted molar refractivity (Wildman–Crippen MR) is 69.3 cm³/mol. The number of benzene rings is 1. The molecule has 0 saturated heterocycles. The number of para-hydroxylation sites is 1. The van der Waals surface area contributed by atoms with Crippen molar-refractivity contribution in [3.63, 3.8) is 0 Å². The minimum atomic E-state index is -1.08. The van der Waals surface area contributed by atoms with Crippen LogP contribution in [0.4, 0.5) is 0 Å². The molecule has 0 aliphatic carbocycles. The Balaban J connectivity index is 2.64. The second-order valence-corrected chi connectivity index (χ2v) is 5.41. The van der Waals surface area contributed by atoms with Crippen LogP contribution >= 0.6 is 0 Å². The largest absolute Gasteiger partial charge is 0.493 e. The molecular weight excluding hydrogens is 226 g/mol. The van der Waals surface area contributed by atoms with Crippen LogP contribution in [0.5, 0.6) is 5.75 Å². The zero-order chi connectivity index (χ0) is 13.4. The molecule has 0 fully saturated rings. The van der Waals surface area contributed by atoms with Gasteiger partial charge in [-0.3, -0.25) is 0 Å². The summed E-state index contributed by atoms with van der Waals surface area (Å²) in [6.45, 7) is 6.10. The molecule has 2 atom stereocenters. The molecule has 1 aliphatic rings. The highest BCUT2D eigenvalue weighted by Crippen LogP contribution is 2.48. The summed E-state index contributed by atoms with van der Waals surface area (Å²) < 4.78 is 5.59. The number of rotatable bonds is 2. The number of nitrogens with zero attached hydrogens (tertiary/aromatic N) is 1. The van der Waals surface area contributed by atoms with Gasteiger partial charge in [0, 0.05) is 12.0 Å². The molecular formula is C15H19NO2. The van der Waals surface area contributed by atoms with Gasteiger partial charge in [-0.25, -0.2) is 0 Å². The minimum Gasteiger partial charge on any atom is -0.493 e. The van der Waals surface area contributed by atoms with E-state index in [4.69, 9.17) is 4.74 Å². The zero-order valence-corrected chi connectivity index (χ0v) is 11.1. The average molecular weight is 245 g/mol. The highest BCUT2D eigenvalue weighted by Gasteiger charge is 2.53. The molecule has 1 aromatic rings. The lowest BCUT2D eigenvalue weighted by Crippen LogP contribution is -2.54. The molecule has 0 amide bonds. The first-order valence-corrected chi connectivity index (χ1v) is 6.31. The molecule has 1 N–H and O–H groups in total. The quantitative estimate of drug-likeness (QED) is 0.871. The van der Waals surface area contributed by atoms with Gasteiger partial charge in [0.05, 0.1) is 18.3 Å². The van der Waals surface area contributed by atoms with Gasteiger partial charge in [0.2, 0.25) is 0 Å². The molecule has 1 aromatic carbocycles. The van der Waals surface area contributed by atoms with Crippen LogP contribution in [0.2, 0.25) is 0 Å². The van der Waals surface area contributed by atoms with Gasteiger partial charge in [0.15, 0.2) is 0 Å². The Bertz CT molecular complexity index is 488. The molecule has 18 heavy (non-hydrogen) atoms. The molecule has 1 aliphatic heterocycles. The van der Waals surface area contributed by atoms with Crippen molar-refractivity contribution in [2.45, 2.75) is 38.2 Å². The Kier molecular flexibility index (Phi) is 3.08. The number of ether oxygens (including phenoxy) is 1. The molecule has 0 saturated carbocycles. The van der Waals surface area contributed by atoms with E-state index in [1.54, 1.807) is 6.92 Å². The summed E-state index contributed by atoms with van der Waals surface area (Å²) in [5.41, 5.74) is -1.17. The summed E-state index contributed by atoms with van der Waals surface area (Å²) in [7, 11) is 0. The number of aliphatic hydroxyl groups is 1. The van der Waals surface area contributed by atoms with Crippen molar-refractivity contribution in [2.24, 2.45) is 5.92 Å². The molecule has 3 nitrogen and oxygen atoms in total. The van der Waals surface area contributed by atoms with E-state index < -0.39 is 11.0 Å². The van der Waals surface area contributed by atoms with Crippen molar-refractivity contribution in [1.29, 1.82) is 5.26 Å². The summed E-state index contributed by atoms with van der Waals surface area (Å²) in [4.78, 5) is 0. The lowest BCUT2D eigenvalue weighted by molar-refractivity contribution is -0.0531. The minimum absolute atomic E-state index is 0.0108. The third-order valence-corrected chi connectivity index (χ3v) is 4.26. The summed E-state index contributed by atoms with van der Waals surface area (Å²) in [5.74, 6) is 0.703. The van der Waals surface area contributed by atoms with Gasteiger partial charge in [0.25, 0.3) is 0 Å². The molecule has 0 radical (unpaired) electrons. The first kappa shape index (κ1) is 12.9. The maximum atomic E-state index is 10.8. The van der Waals surface area contributed by atoms with Crippen LogP contribution in [0.25, 0.3) is 0 Å². The van der Waals surface area contributed by atoms with E-state index in [0.717, 1.165) is 5.56 Å². The average Bonchev–Trinajstić information content (AvgIpc) is 2.37. The highest BCUT2D eigenvalue weighted by atomic mass is 16.5. The zero-order valence-electron chi connectivity index (χ0n) is 11.1. The first-order chi connectivity index (χ1) is 8.45. The second kappa shape index (κ2) is 4.29. The van der Waals surface area contributed by atoms with Crippen LogP contribution in [-0.4, -0.2) is 17.3 Å². The van der Waals surface area contributed by atoms with Crippen LogP contribution < -0.4 is 4.74 Å². The van der Waals surface area contributed by atoms with Gasteiger partial charge in [-0.1, -0.05) is 32.0 Å². The standard InChI is InChI=1S/C15H19NO2/c1-11(2)14(3,17)15(10-16)8-9-18-13-7-5-4-6-12(13)15/h4-7,11,17H,8-9H2,1-3H3. The molecule has 0 bridgehead atoms. The first-order valence-electron chi connectivity index (χ1n) is 6.31. The fourth-order valence-corrected chi connectivity index (χ4v) is 2.64. The van der Waals surface area contributed by atoms with E-state index in [-0.39, 0.29) is 5.92 Å². The van der Waals surface area contributed by atoms with Gasteiger partial charge in [0.1, 0.15) is 11.2 Å². The fraction of sp³-hybridized carbons (Fsp3) is 0.533. The Morgan fingerprint density at radius 3 is 2.72 bits per heavy atom. The van der Waals surface area contributed by atoms with Gasteiger partial charge in [-0.15, -0.1) is 0 Å². The lowest BCUT2D eigenvalue weighted by Gasteiger charge is -2.45. The van der Waals surface area contributed by atoms with Crippen LogP contribution in [0, 0.1) is 17.2 Å². The Hall–Kier alpha value is -1.53. The van der Waals surface area contributed by atoms with Gasteiger partial charge < -0.3 is 9.84 Å². The Morgan fingerprint density at radius 1 is 1.44 bits per heavy atom. The second-order valence-electron chi connectivity index (χ2n) is 5.41. The maximum absolute atomic E-state index is 10.8. The van der Waals surface area contributed by atoms with Crippen LogP contribution in [0.1, 0.15) is 32.8 Å². The number of nitriles is 1. The van der Waals surface area contributed by atoms with Crippen molar-refractivity contribution >= 4 is 0 Å². The van der Waals surface area contributed by atoms with Crippen LogP contribution in [-0.2, 0) is 5.41 Å². The van der Waals surface area contributed by atoms with E-state index in [1.165, 1.54) is 0 Å². The van der Waals surface area contributed by atoms with E-state index >= 15 is 0 Å². The summed E-state index contributed by atoms with van der Waals surface area (Å²) >= 11 is 0. The Morgan fingerprint density at radius 2 is 2.11 bits per heavy atom. The third kappa shape index (κ3) is 1.60. The smallest absolute Gasteiger partial charge is 0.124 e. The molecule has 2 rings (SSSR count). The van der Waals surface area contributed by atoms with Crippen molar-refractivity contribution in [3.05, 3.63) is 29.8 Å². The maximum Gasteiger partial charge on any atom is 0.124 e. The molecule has 3 heteroatoms. The molecule has 0 aromatic heterocycles. The van der Waals surface area contributed by atoms with Crippen molar-refractivity contribution in [1.82, 2.24) is 0 Å². The number of fused-ring (bicyclic) bond motifs is 1. The number of hydrogen-bond donors (Lipinski definition) is 1. The summed E-state index contributed by atoms with van der Waals surface area (Å²) in [6, 6.07) is 9.88. The number of hydrogen-bond acceptors (Lipinski definition) is 3. The van der Waals surface area contributed by atoms with Crippen molar-refractivity contribution in [3.8, 4) is 11.8 Å². The topological polar surface area (TPSA) is 53.2 Å². The van der Waals surface area contributed by atoms with E-state index in [0.29, 0.717) is 18.8 Å².